The molecule has 1 fully saturated rings. The maximum Gasteiger partial charge on any atom is 0.435 e. The summed E-state index contributed by atoms with van der Waals surface area (Å²) < 4.78 is 39.8. The molecule has 0 radical (unpaired) electrons. The van der Waals surface area contributed by atoms with Crippen molar-refractivity contribution in [3.63, 3.8) is 0 Å². The molecule has 11 heteroatoms. The van der Waals surface area contributed by atoms with Crippen LogP contribution in [0.4, 0.5) is 13.2 Å². The topological polar surface area (TPSA) is 72.6 Å². The molecule has 36 heavy (non-hydrogen) atoms. The first-order valence-electron chi connectivity index (χ1n) is 11.7. The van der Waals surface area contributed by atoms with Crippen LogP contribution < -0.4 is 0 Å². The molecule has 3 heterocycles. The second-order valence-electron chi connectivity index (χ2n) is 8.89. The molecule has 1 amide bonds. The van der Waals surface area contributed by atoms with Gasteiger partial charge in [0, 0.05) is 30.1 Å². The van der Waals surface area contributed by atoms with Crippen molar-refractivity contribution in [2.45, 2.75) is 58.4 Å². The van der Waals surface area contributed by atoms with E-state index in [-0.39, 0.29) is 24.5 Å². The number of halogens is 3. The van der Waals surface area contributed by atoms with Gasteiger partial charge in [0.25, 0.3) is 0 Å². The summed E-state index contributed by atoms with van der Waals surface area (Å²) in [6.45, 7) is 6.16. The van der Waals surface area contributed by atoms with Crippen LogP contribution in [0.1, 0.15) is 66.4 Å². The van der Waals surface area contributed by atoms with Gasteiger partial charge in [-0.2, -0.15) is 18.3 Å². The van der Waals surface area contributed by atoms with Crippen molar-refractivity contribution in [1.29, 1.82) is 0 Å². The van der Waals surface area contributed by atoms with Gasteiger partial charge in [-0.05, 0) is 45.2 Å². The standard InChI is InChI=1S/C25H28F3N5O2S/c1-16-13-22(25(26,27)28)30-33(16)14-23(34)32-11-9-20(10-12-32)24-29-21(15-36-24)17(2)31-35-18(3)19-7-5-4-6-8-19/h4-8,13,15,18,20H,9-12,14H2,1-3H3/b31-17+. The number of carbonyl (C=O) groups excluding carboxylic acids is 1. The molecule has 2 aromatic heterocycles. The Bertz CT molecular complexity index is 1210. The average Bonchev–Trinajstić information content (AvgIpc) is 3.50. The molecule has 0 spiro atoms. The van der Waals surface area contributed by atoms with Crippen LogP contribution in [0.3, 0.4) is 0 Å². The largest absolute Gasteiger partial charge is 0.435 e. The number of oxime groups is 1. The van der Waals surface area contributed by atoms with E-state index in [2.05, 4.69) is 10.3 Å². The summed E-state index contributed by atoms with van der Waals surface area (Å²) in [4.78, 5) is 24.8. The summed E-state index contributed by atoms with van der Waals surface area (Å²) in [5, 5.41) is 10.8. The van der Waals surface area contributed by atoms with Crippen LogP contribution in [0.15, 0.2) is 46.9 Å². The number of thiazole rings is 1. The van der Waals surface area contributed by atoms with Gasteiger partial charge in [0.15, 0.2) is 5.69 Å². The summed E-state index contributed by atoms with van der Waals surface area (Å²) in [7, 11) is 0. The summed E-state index contributed by atoms with van der Waals surface area (Å²) in [6, 6.07) is 10.8. The second-order valence-corrected chi connectivity index (χ2v) is 9.78. The van der Waals surface area contributed by atoms with E-state index in [1.165, 1.54) is 6.92 Å². The molecule has 0 N–H and O–H groups in total. The minimum absolute atomic E-state index is 0.174. The molecule has 1 atom stereocenters. The maximum atomic E-state index is 12.9. The molecule has 0 aliphatic carbocycles. The third-order valence-corrected chi connectivity index (χ3v) is 7.27. The Labute approximate surface area is 211 Å². The highest BCUT2D eigenvalue weighted by Crippen LogP contribution is 2.31. The van der Waals surface area contributed by atoms with Gasteiger partial charge < -0.3 is 9.74 Å². The van der Waals surface area contributed by atoms with E-state index < -0.39 is 11.9 Å². The molecule has 1 aromatic carbocycles. The lowest BCUT2D eigenvalue weighted by Gasteiger charge is -2.31. The zero-order valence-corrected chi connectivity index (χ0v) is 21.1. The van der Waals surface area contributed by atoms with Gasteiger partial charge in [-0.15, -0.1) is 11.3 Å². The molecule has 0 saturated carbocycles. The first kappa shape index (κ1) is 25.9. The number of benzene rings is 1. The van der Waals surface area contributed by atoms with Gasteiger partial charge in [-0.25, -0.2) is 4.98 Å². The number of rotatable bonds is 7. The van der Waals surface area contributed by atoms with Gasteiger partial charge in [0.1, 0.15) is 18.4 Å². The second kappa shape index (κ2) is 10.8. The van der Waals surface area contributed by atoms with Crippen molar-refractivity contribution < 1.29 is 22.8 Å². The molecule has 3 aromatic rings. The normalized spacial score (nSPS) is 16.3. The fourth-order valence-electron chi connectivity index (χ4n) is 4.04. The molecule has 7 nitrogen and oxygen atoms in total. The number of aryl methyl sites for hydroxylation is 1. The van der Waals surface area contributed by atoms with Gasteiger partial charge in [-0.1, -0.05) is 35.5 Å². The van der Waals surface area contributed by atoms with Crippen LogP contribution >= 0.6 is 11.3 Å². The zero-order valence-electron chi connectivity index (χ0n) is 20.3. The monoisotopic (exact) mass is 519 g/mol. The minimum Gasteiger partial charge on any atom is -0.388 e. The van der Waals surface area contributed by atoms with E-state index in [0.29, 0.717) is 24.5 Å². The van der Waals surface area contributed by atoms with Gasteiger partial charge in [0.2, 0.25) is 5.91 Å². The number of amides is 1. The number of alkyl halides is 3. The summed E-state index contributed by atoms with van der Waals surface area (Å²) in [6.07, 6.45) is -3.23. The fourth-order valence-corrected chi connectivity index (χ4v) is 5.08. The lowest BCUT2D eigenvalue weighted by molar-refractivity contribution is -0.142. The molecule has 1 unspecified atom stereocenters. The van der Waals surface area contributed by atoms with Crippen molar-refractivity contribution in [3.05, 3.63) is 69.4 Å². The van der Waals surface area contributed by atoms with E-state index in [4.69, 9.17) is 9.82 Å². The SMILES string of the molecule is C/C(=N\OC(C)c1ccccc1)c1csc(C2CCN(C(=O)Cn3nc(C(F)(F)F)cc3C)CC2)n1. The van der Waals surface area contributed by atoms with Crippen LogP contribution in [0.5, 0.6) is 0 Å². The zero-order chi connectivity index (χ0) is 25.9. The van der Waals surface area contributed by atoms with Crippen molar-refractivity contribution in [3.8, 4) is 0 Å². The molecule has 4 rings (SSSR count). The van der Waals surface area contributed by atoms with E-state index in [1.54, 1.807) is 16.2 Å². The number of likely N-dealkylation sites (tertiary alicyclic amines) is 1. The van der Waals surface area contributed by atoms with E-state index in [0.717, 1.165) is 39.9 Å². The number of hydrogen-bond acceptors (Lipinski definition) is 6. The first-order chi connectivity index (χ1) is 17.1. The Balaban J connectivity index is 1.30. The van der Waals surface area contributed by atoms with Gasteiger partial charge >= 0.3 is 6.18 Å². The maximum absolute atomic E-state index is 12.9. The number of hydrogen-bond donors (Lipinski definition) is 0. The highest BCUT2D eigenvalue weighted by molar-refractivity contribution is 7.09. The third-order valence-electron chi connectivity index (χ3n) is 6.26. The number of piperidine rings is 1. The van der Waals surface area contributed by atoms with Crippen molar-refractivity contribution in [2.24, 2.45) is 5.16 Å². The van der Waals surface area contributed by atoms with Crippen molar-refractivity contribution in [2.75, 3.05) is 13.1 Å². The molecule has 1 aliphatic rings. The lowest BCUT2D eigenvalue weighted by atomic mass is 9.97. The first-order valence-corrected chi connectivity index (χ1v) is 12.6. The Morgan fingerprint density at radius 1 is 1.25 bits per heavy atom. The number of nitrogens with zero attached hydrogens (tertiary/aromatic N) is 5. The fraction of sp³-hybridized carbons (Fsp3) is 0.440. The smallest absolute Gasteiger partial charge is 0.388 e. The lowest BCUT2D eigenvalue weighted by Crippen LogP contribution is -2.40. The van der Waals surface area contributed by atoms with E-state index in [1.807, 2.05) is 49.6 Å². The van der Waals surface area contributed by atoms with Crippen LogP contribution in [-0.4, -0.2) is 44.4 Å². The highest BCUT2D eigenvalue weighted by atomic mass is 32.1. The molecule has 192 valence electrons. The predicted molar refractivity (Wildman–Crippen MR) is 131 cm³/mol. The van der Waals surface area contributed by atoms with E-state index >= 15 is 0 Å². The average molecular weight is 520 g/mol. The highest BCUT2D eigenvalue weighted by Gasteiger charge is 2.35. The van der Waals surface area contributed by atoms with Crippen molar-refractivity contribution >= 4 is 23.0 Å². The summed E-state index contributed by atoms with van der Waals surface area (Å²) >= 11 is 1.56. The molecule has 0 bridgehead atoms. The van der Waals surface area contributed by atoms with Crippen LogP contribution in [0, 0.1) is 6.92 Å². The van der Waals surface area contributed by atoms with Gasteiger partial charge in [-0.3, -0.25) is 9.48 Å². The summed E-state index contributed by atoms with van der Waals surface area (Å²) in [5.41, 5.74) is 1.83. The Morgan fingerprint density at radius 2 is 1.94 bits per heavy atom. The van der Waals surface area contributed by atoms with Crippen LogP contribution in [0.25, 0.3) is 0 Å². The Kier molecular flexibility index (Phi) is 7.77. The van der Waals surface area contributed by atoms with Crippen LogP contribution in [-0.2, 0) is 22.4 Å². The minimum atomic E-state index is -4.53. The number of aromatic nitrogens is 3. The predicted octanol–water partition coefficient (Wildman–Crippen LogP) is 5.57. The molecule has 1 aliphatic heterocycles. The van der Waals surface area contributed by atoms with Gasteiger partial charge in [0.05, 0.1) is 10.7 Å². The number of carbonyl (C=O) groups is 1. The summed E-state index contributed by atoms with van der Waals surface area (Å²) in [5.74, 6) is -0.0195. The van der Waals surface area contributed by atoms with Crippen molar-refractivity contribution in [1.82, 2.24) is 19.7 Å². The quantitative estimate of drug-likeness (QED) is 0.302. The Morgan fingerprint density at radius 3 is 2.58 bits per heavy atom. The molecule has 1 saturated heterocycles. The van der Waals surface area contributed by atoms with Crippen LogP contribution in [0.2, 0.25) is 0 Å². The van der Waals surface area contributed by atoms with E-state index in [9.17, 15) is 18.0 Å². The molecular formula is C25H28F3N5O2S. The molecular weight excluding hydrogens is 491 g/mol. The third kappa shape index (κ3) is 6.13. The Hall–Kier alpha value is -3.21.